The van der Waals surface area contributed by atoms with Crippen LogP contribution in [0.3, 0.4) is 0 Å². The summed E-state index contributed by atoms with van der Waals surface area (Å²) in [6.45, 7) is -1.07. The Morgan fingerprint density at radius 2 is 1.75 bits per heavy atom. The van der Waals surface area contributed by atoms with E-state index in [1.165, 1.54) is 7.11 Å². The van der Waals surface area contributed by atoms with Crippen LogP contribution in [0.5, 0.6) is 0 Å². The van der Waals surface area contributed by atoms with Gasteiger partial charge in [0.15, 0.2) is 6.29 Å². The molecule has 10 nitrogen and oxygen atoms in total. The fourth-order valence-electron chi connectivity index (χ4n) is 2.93. The first-order chi connectivity index (χ1) is 11.3. The first-order valence-electron chi connectivity index (χ1n) is 7.57. The molecule has 2 saturated heterocycles. The van der Waals surface area contributed by atoms with Crippen molar-refractivity contribution in [1.29, 1.82) is 0 Å². The van der Waals surface area contributed by atoms with Crippen LogP contribution in [0.1, 0.15) is 0 Å². The Bertz CT molecular complexity index is 390. The van der Waals surface area contributed by atoms with E-state index < -0.39 is 72.8 Å². The minimum Gasteiger partial charge on any atom is -0.394 e. The second-order valence-electron chi connectivity index (χ2n) is 5.89. The van der Waals surface area contributed by atoms with Gasteiger partial charge in [-0.05, 0) is 0 Å². The van der Waals surface area contributed by atoms with Crippen molar-refractivity contribution >= 4 is 11.8 Å². The van der Waals surface area contributed by atoms with Crippen molar-refractivity contribution in [3.8, 4) is 0 Å². The molecule has 0 saturated carbocycles. The Labute approximate surface area is 143 Å². The van der Waals surface area contributed by atoms with Gasteiger partial charge in [-0.2, -0.15) is 0 Å². The molecule has 0 amide bonds. The van der Waals surface area contributed by atoms with Gasteiger partial charge in [0.05, 0.1) is 42.1 Å². The monoisotopic (exact) mass is 371 g/mol. The molecule has 2 rings (SSSR count). The summed E-state index contributed by atoms with van der Waals surface area (Å²) in [6, 6.07) is -1.01. The van der Waals surface area contributed by atoms with Crippen LogP contribution in [0.4, 0.5) is 0 Å². The van der Waals surface area contributed by atoms with E-state index in [0.29, 0.717) is 0 Å². The Morgan fingerprint density at radius 3 is 2.29 bits per heavy atom. The zero-order valence-corrected chi connectivity index (χ0v) is 13.9. The first-order valence-corrected chi connectivity index (χ1v) is 8.51. The summed E-state index contributed by atoms with van der Waals surface area (Å²) in [7, 11) is 1.30. The number of aliphatic hydroxyl groups excluding tert-OH is 7. The number of nitrogens with one attached hydrogen (secondary N) is 1. The number of thioether (sulfide) groups is 1. The second kappa shape index (κ2) is 8.56. The number of methoxy groups -OCH3 is 1. The molecule has 11 heteroatoms. The normalized spacial score (nSPS) is 47.8. The molecule has 0 spiro atoms. The number of aliphatic hydroxyl groups is 7. The predicted octanol–water partition coefficient (Wildman–Crippen LogP) is -4.45. The molecule has 2 aliphatic rings. The molecule has 0 radical (unpaired) electrons. The average molecular weight is 371 g/mol. The second-order valence-corrected chi connectivity index (χ2v) is 7.21. The first kappa shape index (κ1) is 20.3. The van der Waals surface area contributed by atoms with Crippen LogP contribution in [-0.2, 0) is 9.47 Å². The summed E-state index contributed by atoms with van der Waals surface area (Å²) in [4.78, 5) is 0. The van der Waals surface area contributed by atoms with Gasteiger partial charge in [-0.15, -0.1) is 11.8 Å². The standard InChI is InChI=1S/C13H25NO9S/c1-22-13-8(19)6(7(18)5(3-16)23-13)14-12-10(21)9(20)11(24-12)4(17)2-15/h4-21H,2-3H2,1H3/t4-,5-,6+,7-,8+,9-,10-,11+,12+,13+/m1/s1. The zero-order valence-electron chi connectivity index (χ0n) is 13.0. The maximum absolute atomic E-state index is 10.2. The van der Waals surface area contributed by atoms with E-state index in [1.54, 1.807) is 0 Å². The Hall–Kier alpha value is -0.0500. The summed E-state index contributed by atoms with van der Waals surface area (Å²) < 4.78 is 10.2. The molecule has 2 heterocycles. The van der Waals surface area contributed by atoms with Crippen LogP contribution in [0.25, 0.3) is 0 Å². The van der Waals surface area contributed by atoms with Crippen LogP contribution >= 0.6 is 11.8 Å². The van der Waals surface area contributed by atoms with Gasteiger partial charge in [-0.3, -0.25) is 5.32 Å². The van der Waals surface area contributed by atoms with Crippen LogP contribution < -0.4 is 5.32 Å². The molecule has 24 heavy (non-hydrogen) atoms. The fraction of sp³-hybridized carbons (Fsp3) is 1.00. The fourth-order valence-corrected chi connectivity index (χ4v) is 4.42. The van der Waals surface area contributed by atoms with E-state index in [1.807, 2.05) is 0 Å². The molecule has 10 atom stereocenters. The maximum atomic E-state index is 10.2. The number of hydrogen-bond donors (Lipinski definition) is 8. The molecule has 2 fully saturated rings. The quantitative estimate of drug-likeness (QED) is 0.226. The van der Waals surface area contributed by atoms with E-state index in [2.05, 4.69) is 5.32 Å². The predicted molar refractivity (Wildman–Crippen MR) is 82.0 cm³/mol. The van der Waals surface area contributed by atoms with E-state index in [9.17, 15) is 30.6 Å². The lowest BCUT2D eigenvalue weighted by molar-refractivity contribution is -0.272. The topological polar surface area (TPSA) is 172 Å². The Kier molecular flexibility index (Phi) is 7.22. The largest absolute Gasteiger partial charge is 0.394 e. The van der Waals surface area contributed by atoms with Gasteiger partial charge in [0, 0.05) is 7.11 Å². The van der Waals surface area contributed by atoms with Gasteiger partial charge in [0.25, 0.3) is 0 Å². The minimum atomic E-state index is -1.30. The lowest BCUT2D eigenvalue weighted by Crippen LogP contribution is -2.66. The van der Waals surface area contributed by atoms with E-state index in [4.69, 9.17) is 14.6 Å². The lowest BCUT2D eigenvalue weighted by Gasteiger charge is -2.43. The molecule has 2 aliphatic heterocycles. The summed E-state index contributed by atoms with van der Waals surface area (Å²) >= 11 is 0.987. The van der Waals surface area contributed by atoms with Gasteiger partial charge in [-0.25, -0.2) is 0 Å². The molecule has 0 aromatic carbocycles. The highest BCUT2D eigenvalue weighted by Gasteiger charge is 2.50. The third kappa shape index (κ3) is 3.86. The van der Waals surface area contributed by atoms with Crippen LogP contribution in [0.2, 0.25) is 0 Å². The lowest BCUT2D eigenvalue weighted by atomic mass is 9.95. The Morgan fingerprint density at radius 1 is 1.08 bits per heavy atom. The summed E-state index contributed by atoms with van der Waals surface area (Å²) in [5, 5.41) is 69.7. The van der Waals surface area contributed by atoms with Crippen molar-refractivity contribution < 1.29 is 45.2 Å². The SMILES string of the molecule is CO[C@H]1O[C@H](CO)[C@@H](O)[C@H](N[C@H]2S[C@@H]([C@H](O)CO)[C@H](O)[C@H]2O)[C@@H]1O. The molecule has 8 N–H and O–H groups in total. The van der Waals surface area contributed by atoms with Crippen LogP contribution in [0, 0.1) is 0 Å². The van der Waals surface area contributed by atoms with E-state index in [0.717, 1.165) is 11.8 Å². The summed E-state index contributed by atoms with van der Waals surface area (Å²) in [6.07, 6.45) is -8.48. The molecule has 0 aliphatic carbocycles. The van der Waals surface area contributed by atoms with E-state index in [-0.39, 0.29) is 0 Å². The molecule has 0 bridgehead atoms. The molecule has 0 aromatic heterocycles. The molecular weight excluding hydrogens is 346 g/mol. The Balaban J connectivity index is 2.10. The van der Waals surface area contributed by atoms with Crippen molar-refractivity contribution in [2.24, 2.45) is 0 Å². The minimum absolute atomic E-state index is 0.499. The summed E-state index contributed by atoms with van der Waals surface area (Å²) in [5.41, 5.74) is 0. The van der Waals surface area contributed by atoms with Crippen molar-refractivity contribution in [3.05, 3.63) is 0 Å². The number of ether oxygens (including phenoxy) is 2. The third-order valence-corrected chi connectivity index (χ3v) is 5.96. The van der Waals surface area contributed by atoms with E-state index >= 15 is 0 Å². The molecule has 0 unspecified atom stereocenters. The van der Waals surface area contributed by atoms with Gasteiger partial charge >= 0.3 is 0 Å². The van der Waals surface area contributed by atoms with Crippen molar-refractivity contribution in [2.75, 3.05) is 20.3 Å². The van der Waals surface area contributed by atoms with Crippen molar-refractivity contribution in [3.63, 3.8) is 0 Å². The highest BCUT2D eigenvalue weighted by atomic mass is 32.2. The van der Waals surface area contributed by atoms with Gasteiger partial charge in [0.2, 0.25) is 0 Å². The van der Waals surface area contributed by atoms with Gasteiger partial charge in [-0.1, -0.05) is 0 Å². The zero-order chi connectivity index (χ0) is 18.0. The molecular formula is C13H25NO9S. The van der Waals surface area contributed by atoms with Gasteiger partial charge < -0.3 is 45.2 Å². The maximum Gasteiger partial charge on any atom is 0.185 e. The van der Waals surface area contributed by atoms with Crippen molar-refractivity contribution in [1.82, 2.24) is 5.32 Å². The smallest absolute Gasteiger partial charge is 0.185 e. The number of rotatable bonds is 6. The average Bonchev–Trinajstić information content (AvgIpc) is 2.86. The van der Waals surface area contributed by atoms with Crippen molar-refractivity contribution in [2.45, 2.75) is 59.6 Å². The highest BCUT2D eigenvalue weighted by Crippen LogP contribution is 2.36. The highest BCUT2D eigenvalue weighted by molar-refractivity contribution is 8.00. The molecule has 0 aromatic rings. The summed E-state index contributed by atoms with van der Waals surface area (Å²) in [5.74, 6) is 0. The van der Waals surface area contributed by atoms with Crippen LogP contribution in [-0.4, -0.2) is 116 Å². The molecule has 142 valence electrons. The third-order valence-electron chi connectivity index (χ3n) is 4.34. The number of hydrogen-bond acceptors (Lipinski definition) is 11. The van der Waals surface area contributed by atoms with Gasteiger partial charge in [0.1, 0.15) is 24.4 Å². The van der Waals surface area contributed by atoms with Crippen LogP contribution in [0.15, 0.2) is 0 Å².